The lowest BCUT2D eigenvalue weighted by molar-refractivity contribution is 0.0280. The Bertz CT molecular complexity index is 643. The summed E-state index contributed by atoms with van der Waals surface area (Å²) in [4.78, 5) is 0.233. The van der Waals surface area contributed by atoms with E-state index in [-0.39, 0.29) is 10.3 Å². The first-order chi connectivity index (χ1) is 10.4. The molecular formula is C16H22O5S. The molecule has 0 radical (unpaired) electrons. The van der Waals surface area contributed by atoms with Crippen LogP contribution in [0.4, 0.5) is 0 Å². The molecule has 1 saturated heterocycles. The minimum atomic E-state index is -3.25. The van der Waals surface area contributed by atoms with Gasteiger partial charge in [0.15, 0.2) is 21.3 Å². The molecular weight excluding hydrogens is 304 g/mol. The summed E-state index contributed by atoms with van der Waals surface area (Å²) in [6, 6.07) is 4.73. The number of hydrogen-bond acceptors (Lipinski definition) is 5. The second-order valence-electron chi connectivity index (χ2n) is 6.24. The molecule has 1 atom stereocenters. The van der Waals surface area contributed by atoms with Crippen LogP contribution in [0.15, 0.2) is 23.1 Å². The lowest BCUT2D eigenvalue weighted by Crippen LogP contribution is -2.27. The van der Waals surface area contributed by atoms with Crippen molar-refractivity contribution >= 4 is 9.84 Å². The zero-order chi connectivity index (χ0) is 15.8. The summed E-state index contributed by atoms with van der Waals surface area (Å²) in [5.74, 6) is 1.03. The van der Waals surface area contributed by atoms with Crippen molar-refractivity contribution in [2.24, 2.45) is 5.41 Å². The summed E-state index contributed by atoms with van der Waals surface area (Å²) < 4.78 is 40.2. The van der Waals surface area contributed by atoms with Gasteiger partial charge in [-0.2, -0.15) is 0 Å². The Kier molecular flexibility index (Phi) is 4.07. The first-order valence-electron chi connectivity index (χ1n) is 7.57. The summed E-state index contributed by atoms with van der Waals surface area (Å²) in [6.07, 6.45) is 5.96. The van der Waals surface area contributed by atoms with E-state index in [0.717, 1.165) is 32.3 Å². The van der Waals surface area contributed by atoms with E-state index >= 15 is 0 Å². The number of rotatable bonds is 6. The van der Waals surface area contributed by atoms with Gasteiger partial charge in [0.25, 0.3) is 0 Å². The average molecular weight is 326 g/mol. The maximum atomic E-state index is 11.6. The zero-order valence-corrected chi connectivity index (χ0v) is 13.8. The molecule has 3 rings (SSSR count). The van der Waals surface area contributed by atoms with Crippen molar-refractivity contribution in [1.82, 2.24) is 0 Å². The number of sulfone groups is 1. The number of benzene rings is 1. The number of methoxy groups -OCH3 is 1. The van der Waals surface area contributed by atoms with E-state index in [2.05, 4.69) is 0 Å². The lowest BCUT2D eigenvalue weighted by Gasteiger charge is -2.23. The number of ether oxygens (including phenoxy) is 3. The fraction of sp³-hybridized carbons (Fsp3) is 0.625. The summed E-state index contributed by atoms with van der Waals surface area (Å²) in [7, 11) is -1.74. The molecule has 0 aromatic heterocycles. The first kappa shape index (κ1) is 15.6. The summed E-state index contributed by atoms with van der Waals surface area (Å²) in [5.41, 5.74) is 0.136. The second-order valence-corrected chi connectivity index (χ2v) is 8.25. The summed E-state index contributed by atoms with van der Waals surface area (Å²) in [5, 5.41) is 0. The first-order valence-corrected chi connectivity index (χ1v) is 9.46. The standard InChI is InChI=1S/C16H22O5S/c1-19-14-10-12(22(2,17)18)5-6-13(14)21-11-16(7-8-16)15-4-3-9-20-15/h5-6,10,15H,3-4,7-9,11H2,1-2H3. The summed E-state index contributed by atoms with van der Waals surface area (Å²) in [6.45, 7) is 1.44. The van der Waals surface area contributed by atoms with Crippen molar-refractivity contribution in [3.63, 3.8) is 0 Å². The Balaban J connectivity index is 1.72. The third kappa shape index (κ3) is 3.08. The average Bonchev–Trinajstić information content (AvgIpc) is 3.07. The highest BCUT2D eigenvalue weighted by molar-refractivity contribution is 7.90. The van der Waals surface area contributed by atoms with Gasteiger partial charge in [-0.1, -0.05) is 0 Å². The minimum absolute atomic E-state index is 0.136. The molecule has 0 bridgehead atoms. The van der Waals surface area contributed by atoms with Gasteiger partial charge in [-0.15, -0.1) is 0 Å². The maximum absolute atomic E-state index is 11.6. The van der Waals surface area contributed by atoms with Gasteiger partial charge in [-0.25, -0.2) is 8.42 Å². The van der Waals surface area contributed by atoms with Gasteiger partial charge in [-0.3, -0.25) is 0 Å². The zero-order valence-electron chi connectivity index (χ0n) is 13.0. The minimum Gasteiger partial charge on any atom is -0.493 e. The van der Waals surface area contributed by atoms with Crippen LogP contribution in [0, 0.1) is 5.41 Å². The molecule has 1 aromatic rings. The third-order valence-corrected chi connectivity index (χ3v) is 5.69. The predicted octanol–water partition coefficient (Wildman–Crippen LogP) is 2.44. The lowest BCUT2D eigenvalue weighted by atomic mass is 9.98. The Morgan fingerprint density at radius 3 is 2.64 bits per heavy atom. The molecule has 0 N–H and O–H groups in total. The van der Waals surface area contributed by atoms with Crippen molar-refractivity contribution in [2.45, 2.75) is 36.7 Å². The molecule has 2 aliphatic rings. The topological polar surface area (TPSA) is 61.8 Å². The molecule has 22 heavy (non-hydrogen) atoms. The van der Waals surface area contributed by atoms with Crippen molar-refractivity contribution in [1.29, 1.82) is 0 Å². The Labute approximate surface area is 131 Å². The van der Waals surface area contributed by atoms with Crippen LogP contribution < -0.4 is 9.47 Å². The highest BCUT2D eigenvalue weighted by atomic mass is 32.2. The predicted molar refractivity (Wildman–Crippen MR) is 82.2 cm³/mol. The molecule has 122 valence electrons. The quantitative estimate of drug-likeness (QED) is 0.803. The van der Waals surface area contributed by atoms with Gasteiger partial charge in [-0.05, 0) is 37.8 Å². The van der Waals surface area contributed by atoms with Crippen molar-refractivity contribution in [3.8, 4) is 11.5 Å². The van der Waals surface area contributed by atoms with Crippen molar-refractivity contribution in [2.75, 3.05) is 26.6 Å². The van der Waals surface area contributed by atoms with Crippen LogP contribution in [0.3, 0.4) is 0 Å². The van der Waals surface area contributed by atoms with E-state index in [1.54, 1.807) is 12.1 Å². The van der Waals surface area contributed by atoms with E-state index in [4.69, 9.17) is 14.2 Å². The SMILES string of the molecule is COc1cc(S(C)(=O)=O)ccc1OCC1(C2CCCO2)CC1. The fourth-order valence-corrected chi connectivity index (χ4v) is 3.64. The highest BCUT2D eigenvalue weighted by Crippen LogP contribution is 2.53. The van der Waals surface area contributed by atoms with Gasteiger partial charge >= 0.3 is 0 Å². The third-order valence-electron chi connectivity index (χ3n) is 4.58. The highest BCUT2D eigenvalue weighted by Gasteiger charge is 2.51. The fourth-order valence-electron chi connectivity index (χ4n) is 3.00. The van der Waals surface area contributed by atoms with Crippen LogP contribution >= 0.6 is 0 Å². The molecule has 5 nitrogen and oxygen atoms in total. The largest absolute Gasteiger partial charge is 0.493 e. The number of hydrogen-bond donors (Lipinski definition) is 0. The Morgan fingerprint density at radius 1 is 1.32 bits per heavy atom. The van der Waals surface area contributed by atoms with Gasteiger partial charge in [0.05, 0.1) is 24.7 Å². The van der Waals surface area contributed by atoms with Crippen LogP contribution in [-0.2, 0) is 14.6 Å². The molecule has 1 aliphatic carbocycles. The van der Waals surface area contributed by atoms with Gasteiger partial charge in [0.1, 0.15) is 0 Å². The van der Waals surface area contributed by atoms with E-state index in [0.29, 0.717) is 24.2 Å². The van der Waals surface area contributed by atoms with Crippen LogP contribution in [0.1, 0.15) is 25.7 Å². The van der Waals surface area contributed by atoms with Crippen LogP contribution in [-0.4, -0.2) is 41.1 Å². The van der Waals surface area contributed by atoms with Gasteiger partial charge < -0.3 is 14.2 Å². The van der Waals surface area contributed by atoms with Crippen LogP contribution in [0.25, 0.3) is 0 Å². The monoisotopic (exact) mass is 326 g/mol. The molecule has 1 aromatic carbocycles. The molecule has 2 fully saturated rings. The molecule has 0 amide bonds. The molecule has 1 unspecified atom stereocenters. The van der Waals surface area contributed by atoms with Crippen LogP contribution in [0.5, 0.6) is 11.5 Å². The molecule has 1 saturated carbocycles. The smallest absolute Gasteiger partial charge is 0.175 e. The molecule has 1 aliphatic heterocycles. The second kappa shape index (κ2) is 5.74. The maximum Gasteiger partial charge on any atom is 0.175 e. The van der Waals surface area contributed by atoms with Crippen molar-refractivity contribution in [3.05, 3.63) is 18.2 Å². The van der Waals surface area contributed by atoms with Crippen LogP contribution in [0.2, 0.25) is 0 Å². The van der Waals surface area contributed by atoms with Gasteiger partial charge in [0, 0.05) is 24.3 Å². The Morgan fingerprint density at radius 2 is 2.09 bits per heavy atom. The molecule has 6 heteroatoms. The van der Waals surface area contributed by atoms with E-state index in [9.17, 15) is 8.42 Å². The normalized spacial score (nSPS) is 23.3. The van der Waals surface area contributed by atoms with E-state index in [1.807, 2.05) is 0 Å². The van der Waals surface area contributed by atoms with E-state index < -0.39 is 9.84 Å². The summed E-state index contributed by atoms with van der Waals surface area (Å²) >= 11 is 0. The van der Waals surface area contributed by atoms with E-state index in [1.165, 1.54) is 19.4 Å². The molecule has 0 spiro atoms. The van der Waals surface area contributed by atoms with Gasteiger partial charge in [0.2, 0.25) is 0 Å². The van der Waals surface area contributed by atoms with Crippen molar-refractivity contribution < 1.29 is 22.6 Å². The Hall–Kier alpha value is -1.27. The molecule has 1 heterocycles.